The van der Waals surface area contributed by atoms with E-state index in [0.717, 1.165) is 56.0 Å². The molecule has 0 saturated carbocycles. The Morgan fingerprint density at radius 2 is 1.89 bits per heavy atom. The number of nitrogens with one attached hydrogen (secondary N) is 1. The van der Waals surface area contributed by atoms with Gasteiger partial charge in [-0.15, -0.1) is 21.5 Å². The van der Waals surface area contributed by atoms with Gasteiger partial charge in [0.25, 0.3) is 5.91 Å². The van der Waals surface area contributed by atoms with Gasteiger partial charge in [0.05, 0.1) is 6.61 Å². The molecule has 9 nitrogen and oxygen atoms in total. The van der Waals surface area contributed by atoms with Gasteiger partial charge in [-0.05, 0) is 69.8 Å². The number of rotatable bonds is 10. The van der Waals surface area contributed by atoms with Crippen LogP contribution in [-0.2, 0) is 13.0 Å². The molecule has 2 aromatic carbocycles. The minimum Gasteiger partial charge on any atom is -0.493 e. The largest absolute Gasteiger partial charge is 0.493 e. The molecule has 1 N–H and O–H groups in total. The molecule has 0 fully saturated rings. The van der Waals surface area contributed by atoms with Gasteiger partial charge in [0, 0.05) is 48.3 Å². The number of fused-ring (bicyclic) bond motifs is 1. The number of carbonyl (C=O) groups is 1. The van der Waals surface area contributed by atoms with Crippen molar-refractivity contribution in [3.63, 3.8) is 0 Å². The number of ether oxygens (including phenoxy) is 2. The topological polar surface area (TPSA) is 94.4 Å². The highest BCUT2D eigenvalue weighted by molar-refractivity contribution is 7.13. The Kier molecular flexibility index (Phi) is 8.30. The summed E-state index contributed by atoms with van der Waals surface area (Å²) in [6.07, 6.45) is 7.02. The summed E-state index contributed by atoms with van der Waals surface area (Å²) < 4.78 is 14.4. The molecule has 38 heavy (non-hydrogen) atoms. The maximum absolute atomic E-state index is 12.9. The summed E-state index contributed by atoms with van der Waals surface area (Å²) in [5, 5.41) is 14.0. The minimum atomic E-state index is -0.272. The predicted molar refractivity (Wildman–Crippen MR) is 148 cm³/mol. The highest BCUT2D eigenvalue weighted by Gasteiger charge is 2.17. The first-order chi connectivity index (χ1) is 18.5. The molecule has 0 aliphatic carbocycles. The molecule has 5 rings (SSSR count). The fourth-order valence-corrected chi connectivity index (χ4v) is 4.90. The summed E-state index contributed by atoms with van der Waals surface area (Å²) in [6, 6.07) is 13.1. The maximum atomic E-state index is 12.9. The molecule has 0 bridgehead atoms. The van der Waals surface area contributed by atoms with Crippen LogP contribution in [0.4, 0.5) is 5.13 Å². The molecule has 0 atom stereocenters. The van der Waals surface area contributed by atoms with Gasteiger partial charge in [-0.3, -0.25) is 10.1 Å². The number of amides is 1. The molecule has 1 amide bonds. The number of benzene rings is 2. The van der Waals surface area contributed by atoms with Crippen LogP contribution >= 0.6 is 11.3 Å². The van der Waals surface area contributed by atoms with Crippen LogP contribution in [0.3, 0.4) is 0 Å². The van der Waals surface area contributed by atoms with Gasteiger partial charge in [0.1, 0.15) is 23.1 Å². The van der Waals surface area contributed by atoms with Crippen molar-refractivity contribution in [3.8, 4) is 28.6 Å². The van der Waals surface area contributed by atoms with Crippen LogP contribution in [0.2, 0.25) is 0 Å². The molecule has 0 radical (unpaired) electrons. The molecule has 10 heteroatoms. The van der Waals surface area contributed by atoms with E-state index in [1.54, 1.807) is 18.3 Å². The molecule has 198 valence electrons. The van der Waals surface area contributed by atoms with Crippen molar-refractivity contribution < 1.29 is 14.3 Å². The highest BCUT2D eigenvalue weighted by atomic mass is 32.1. The molecule has 2 aromatic heterocycles. The number of carbonyl (C=O) groups excluding carboxylic acids is 1. The second-order valence-electron chi connectivity index (χ2n) is 9.52. The molecule has 0 spiro atoms. The number of hydrogen-bond donors (Lipinski definition) is 1. The van der Waals surface area contributed by atoms with Crippen LogP contribution < -0.4 is 14.8 Å². The average Bonchev–Trinajstić information content (AvgIpc) is 3.51. The Morgan fingerprint density at radius 1 is 1.05 bits per heavy atom. The number of thiazole rings is 1. The SMILES string of the molecule is CN(C)CCCOc1cc(Oc2ccc(-c3nnc4n3CCCCC4)cc2)cc(C(=O)Nc2nccs2)c1. The van der Waals surface area contributed by atoms with Gasteiger partial charge < -0.3 is 18.9 Å². The first-order valence-corrected chi connectivity index (χ1v) is 13.8. The summed E-state index contributed by atoms with van der Waals surface area (Å²) in [6.45, 7) is 2.39. The van der Waals surface area contributed by atoms with E-state index in [0.29, 0.717) is 34.6 Å². The Balaban J connectivity index is 1.33. The van der Waals surface area contributed by atoms with Gasteiger partial charge in [-0.25, -0.2) is 4.98 Å². The summed E-state index contributed by atoms with van der Waals surface area (Å²) in [5.74, 6) is 3.43. The first kappa shape index (κ1) is 25.9. The van der Waals surface area contributed by atoms with E-state index in [-0.39, 0.29) is 5.91 Å². The molecule has 3 heterocycles. The summed E-state index contributed by atoms with van der Waals surface area (Å²) >= 11 is 1.36. The minimum absolute atomic E-state index is 0.272. The van der Waals surface area contributed by atoms with Crippen LogP contribution in [-0.4, -0.2) is 57.8 Å². The smallest absolute Gasteiger partial charge is 0.257 e. The predicted octanol–water partition coefficient (Wildman–Crippen LogP) is 5.50. The van der Waals surface area contributed by atoms with Crippen molar-refractivity contribution in [1.29, 1.82) is 0 Å². The lowest BCUT2D eigenvalue weighted by Gasteiger charge is -2.14. The standard InChI is InChI=1S/C28H32N6O3S/c1-33(2)13-6-15-36-23-17-21(27(35)30-28-29-12-16-38-28)18-24(19-23)37-22-10-8-20(9-11-22)26-32-31-25-7-4-3-5-14-34(25)26/h8-12,16-19H,3-7,13-15H2,1-2H3,(H,29,30,35). The Hall–Kier alpha value is -3.76. The van der Waals surface area contributed by atoms with E-state index < -0.39 is 0 Å². The van der Waals surface area contributed by atoms with Crippen LogP contribution in [0.15, 0.2) is 54.0 Å². The van der Waals surface area contributed by atoms with E-state index in [1.165, 1.54) is 17.8 Å². The number of nitrogens with zero attached hydrogens (tertiary/aromatic N) is 5. The summed E-state index contributed by atoms with van der Waals surface area (Å²) in [7, 11) is 4.06. The van der Waals surface area contributed by atoms with E-state index in [9.17, 15) is 4.79 Å². The second-order valence-corrected chi connectivity index (χ2v) is 10.4. The third kappa shape index (κ3) is 6.56. The average molecular weight is 533 g/mol. The maximum Gasteiger partial charge on any atom is 0.257 e. The zero-order valence-corrected chi connectivity index (χ0v) is 22.5. The van der Waals surface area contributed by atoms with E-state index in [1.807, 2.05) is 49.8 Å². The van der Waals surface area contributed by atoms with Crippen molar-refractivity contribution in [1.82, 2.24) is 24.6 Å². The Morgan fingerprint density at radius 3 is 2.68 bits per heavy atom. The number of aromatic nitrogens is 4. The molecule has 0 unspecified atom stereocenters. The van der Waals surface area contributed by atoms with Crippen molar-refractivity contribution in [2.75, 3.05) is 32.6 Å². The van der Waals surface area contributed by atoms with E-state index >= 15 is 0 Å². The molecule has 4 aromatic rings. The highest BCUT2D eigenvalue weighted by Crippen LogP contribution is 2.30. The summed E-state index contributed by atoms with van der Waals surface area (Å²) in [5.41, 5.74) is 1.43. The van der Waals surface area contributed by atoms with Crippen molar-refractivity contribution in [2.45, 2.75) is 38.6 Å². The third-order valence-electron chi connectivity index (χ3n) is 6.27. The van der Waals surface area contributed by atoms with Crippen molar-refractivity contribution in [3.05, 3.63) is 65.4 Å². The Labute approximate surface area is 226 Å². The normalized spacial score (nSPS) is 13.1. The lowest BCUT2D eigenvalue weighted by Crippen LogP contribution is -2.16. The van der Waals surface area contributed by atoms with Gasteiger partial charge in [0.15, 0.2) is 11.0 Å². The van der Waals surface area contributed by atoms with Crippen LogP contribution in [0.1, 0.15) is 41.9 Å². The molecular weight excluding hydrogens is 500 g/mol. The van der Waals surface area contributed by atoms with Gasteiger partial charge in [-0.1, -0.05) is 6.42 Å². The fraction of sp³-hybridized carbons (Fsp3) is 0.357. The molecule has 1 aliphatic heterocycles. The Bertz CT molecular complexity index is 1350. The van der Waals surface area contributed by atoms with Crippen molar-refractivity contribution in [2.24, 2.45) is 0 Å². The fourth-order valence-electron chi connectivity index (χ4n) is 4.38. The number of anilines is 1. The van der Waals surface area contributed by atoms with Gasteiger partial charge >= 0.3 is 0 Å². The van der Waals surface area contributed by atoms with Crippen molar-refractivity contribution >= 4 is 22.4 Å². The quantitative estimate of drug-likeness (QED) is 0.269. The third-order valence-corrected chi connectivity index (χ3v) is 6.96. The zero-order chi connectivity index (χ0) is 26.3. The molecule has 0 saturated heterocycles. The van der Waals surface area contributed by atoms with Crippen LogP contribution in [0.25, 0.3) is 11.4 Å². The monoisotopic (exact) mass is 532 g/mol. The van der Waals surface area contributed by atoms with Gasteiger partial charge in [-0.2, -0.15) is 0 Å². The van der Waals surface area contributed by atoms with Gasteiger partial charge in [0.2, 0.25) is 0 Å². The molecular formula is C28H32N6O3S. The lowest BCUT2D eigenvalue weighted by atomic mass is 10.1. The summed E-state index contributed by atoms with van der Waals surface area (Å²) in [4.78, 5) is 19.2. The first-order valence-electron chi connectivity index (χ1n) is 12.9. The second kappa shape index (κ2) is 12.2. The lowest BCUT2D eigenvalue weighted by molar-refractivity contribution is 0.102. The molecule has 1 aliphatic rings. The van der Waals surface area contributed by atoms with E-state index in [2.05, 4.69) is 30.0 Å². The number of hydrogen-bond acceptors (Lipinski definition) is 8. The number of aryl methyl sites for hydroxylation is 1. The van der Waals surface area contributed by atoms with Crippen LogP contribution in [0.5, 0.6) is 17.2 Å². The zero-order valence-electron chi connectivity index (χ0n) is 21.7. The van der Waals surface area contributed by atoms with Crippen LogP contribution in [0, 0.1) is 0 Å². The van der Waals surface area contributed by atoms with E-state index in [4.69, 9.17) is 9.47 Å².